The Balaban J connectivity index is 1.43. The van der Waals surface area contributed by atoms with Crippen LogP contribution in [0.5, 0.6) is 0 Å². The minimum Gasteiger partial charge on any atom is -0.422 e. The van der Waals surface area contributed by atoms with Gasteiger partial charge in [0.1, 0.15) is 17.5 Å². The van der Waals surface area contributed by atoms with Gasteiger partial charge in [0.05, 0.1) is 11.7 Å². The summed E-state index contributed by atoms with van der Waals surface area (Å²) in [5, 5.41) is 5.51. The molecule has 0 aliphatic carbocycles. The average molecular weight is 399 g/mol. The van der Waals surface area contributed by atoms with Crippen molar-refractivity contribution in [2.75, 3.05) is 13.1 Å². The minimum absolute atomic E-state index is 0.0163. The molecule has 0 bridgehead atoms. The van der Waals surface area contributed by atoms with Gasteiger partial charge in [-0.15, -0.1) is 0 Å². The molecule has 6 heteroatoms. The fraction of sp³-hybridized carbons (Fsp3) is 0.208. The second-order valence-corrected chi connectivity index (χ2v) is 7.64. The van der Waals surface area contributed by atoms with E-state index in [2.05, 4.69) is 23.3 Å². The third kappa shape index (κ3) is 3.20. The molecule has 0 spiro atoms. The van der Waals surface area contributed by atoms with Gasteiger partial charge >= 0.3 is 5.63 Å². The van der Waals surface area contributed by atoms with Crippen molar-refractivity contribution in [1.29, 1.82) is 0 Å². The molecule has 30 heavy (non-hydrogen) atoms. The van der Waals surface area contributed by atoms with E-state index in [9.17, 15) is 9.59 Å². The van der Waals surface area contributed by atoms with Crippen molar-refractivity contribution >= 4 is 33.4 Å². The zero-order chi connectivity index (χ0) is 20.7. The first-order valence-corrected chi connectivity index (χ1v) is 10.0. The van der Waals surface area contributed by atoms with E-state index in [-0.39, 0.29) is 12.5 Å². The topological polar surface area (TPSA) is 68.3 Å². The quantitative estimate of drug-likeness (QED) is 0.492. The molecule has 1 amide bonds. The van der Waals surface area contributed by atoms with Crippen molar-refractivity contribution in [3.8, 4) is 0 Å². The molecule has 0 N–H and O–H groups in total. The summed E-state index contributed by atoms with van der Waals surface area (Å²) in [4.78, 5) is 27.1. The third-order valence-electron chi connectivity index (χ3n) is 5.64. The van der Waals surface area contributed by atoms with Gasteiger partial charge in [-0.1, -0.05) is 48.0 Å². The van der Waals surface area contributed by atoms with E-state index in [1.54, 1.807) is 10.7 Å². The van der Waals surface area contributed by atoms with Crippen molar-refractivity contribution in [3.63, 3.8) is 0 Å². The van der Waals surface area contributed by atoms with Gasteiger partial charge in [-0.2, -0.15) is 5.10 Å². The molecule has 5 rings (SSSR count). The highest BCUT2D eigenvalue weighted by atomic mass is 16.4. The number of hydrogen-bond donors (Lipinski definition) is 0. The Bertz CT molecular complexity index is 1350. The van der Waals surface area contributed by atoms with E-state index in [0.29, 0.717) is 29.6 Å². The smallest absolute Gasteiger partial charge is 0.347 e. The van der Waals surface area contributed by atoms with E-state index in [0.717, 1.165) is 17.4 Å². The average Bonchev–Trinajstić information content (AvgIpc) is 3.20. The molecular formula is C24H21N3O3. The molecule has 1 aliphatic heterocycles. The van der Waals surface area contributed by atoms with Gasteiger partial charge in [0.2, 0.25) is 5.91 Å². The first-order chi connectivity index (χ1) is 14.6. The molecular weight excluding hydrogens is 378 g/mol. The summed E-state index contributed by atoms with van der Waals surface area (Å²) in [6, 6.07) is 15.9. The number of carbonyl (C=O) groups excluding carboxylic acids is 1. The van der Waals surface area contributed by atoms with Crippen molar-refractivity contribution in [1.82, 2.24) is 14.7 Å². The zero-order valence-electron chi connectivity index (χ0n) is 16.7. The Labute approximate surface area is 173 Å². The van der Waals surface area contributed by atoms with Gasteiger partial charge in [0.15, 0.2) is 0 Å². The Morgan fingerprint density at radius 2 is 1.97 bits per heavy atom. The molecule has 0 atom stereocenters. The van der Waals surface area contributed by atoms with Crippen LogP contribution in [0.4, 0.5) is 0 Å². The van der Waals surface area contributed by atoms with E-state index in [4.69, 9.17) is 4.42 Å². The second-order valence-electron chi connectivity index (χ2n) is 7.64. The van der Waals surface area contributed by atoms with Crippen molar-refractivity contribution in [3.05, 3.63) is 82.4 Å². The number of nitrogens with zero attached hydrogens (tertiary/aromatic N) is 3. The van der Waals surface area contributed by atoms with Gasteiger partial charge in [-0.3, -0.25) is 9.48 Å². The largest absolute Gasteiger partial charge is 0.422 e. The summed E-state index contributed by atoms with van der Waals surface area (Å²) >= 11 is 0. The van der Waals surface area contributed by atoms with Crippen LogP contribution in [0.2, 0.25) is 0 Å². The number of fused-ring (bicyclic) bond motifs is 3. The maximum absolute atomic E-state index is 13.0. The van der Waals surface area contributed by atoms with Gasteiger partial charge in [0, 0.05) is 18.5 Å². The fourth-order valence-electron chi connectivity index (χ4n) is 4.05. The molecule has 0 saturated carbocycles. The number of benzene rings is 2. The van der Waals surface area contributed by atoms with Crippen molar-refractivity contribution in [2.45, 2.75) is 19.9 Å². The normalized spacial score (nSPS) is 14.3. The molecule has 4 aromatic rings. The van der Waals surface area contributed by atoms with E-state index in [1.807, 2.05) is 42.2 Å². The van der Waals surface area contributed by atoms with E-state index < -0.39 is 5.63 Å². The maximum atomic E-state index is 13.0. The first kappa shape index (κ1) is 18.4. The number of aromatic nitrogens is 2. The molecule has 6 nitrogen and oxygen atoms in total. The summed E-state index contributed by atoms with van der Waals surface area (Å²) in [6.45, 7) is 3.31. The molecule has 150 valence electrons. The predicted molar refractivity (Wildman–Crippen MR) is 116 cm³/mol. The van der Waals surface area contributed by atoms with E-state index in [1.165, 1.54) is 17.3 Å². The molecule has 0 fully saturated rings. The molecule has 2 aromatic heterocycles. The highest BCUT2D eigenvalue weighted by Gasteiger charge is 2.21. The number of amides is 1. The van der Waals surface area contributed by atoms with Crippen LogP contribution in [-0.4, -0.2) is 33.7 Å². The van der Waals surface area contributed by atoms with Gasteiger partial charge < -0.3 is 9.32 Å². The Morgan fingerprint density at radius 1 is 1.13 bits per heavy atom. The molecule has 2 aromatic carbocycles. The summed E-state index contributed by atoms with van der Waals surface area (Å²) in [7, 11) is 0. The summed E-state index contributed by atoms with van der Waals surface area (Å²) < 4.78 is 7.02. The Hall–Kier alpha value is -3.67. The fourth-order valence-corrected chi connectivity index (χ4v) is 4.05. The van der Waals surface area contributed by atoms with Crippen LogP contribution in [-0.2, 0) is 11.3 Å². The summed E-state index contributed by atoms with van der Waals surface area (Å²) in [5.74, 6) is -0.0163. The predicted octanol–water partition coefficient (Wildman–Crippen LogP) is 3.77. The zero-order valence-corrected chi connectivity index (χ0v) is 16.7. The minimum atomic E-state index is -0.437. The molecule has 0 unspecified atom stereocenters. The van der Waals surface area contributed by atoms with Gasteiger partial charge in [-0.05, 0) is 36.6 Å². The number of rotatable bonds is 3. The van der Waals surface area contributed by atoms with Crippen LogP contribution < -0.4 is 5.63 Å². The molecule has 0 radical (unpaired) electrons. The standard InChI is InChI=1S/C24H21N3O3/c1-16-7-8-21-19(13-16)23-20(24(29)30-21)14-25-27(23)15-22(28)26-11-9-18(10-12-26)17-5-3-2-4-6-17/h2-9,13-14H,10-12,15H2,1H3. The first-order valence-electron chi connectivity index (χ1n) is 10.0. The van der Waals surface area contributed by atoms with Crippen molar-refractivity contribution in [2.24, 2.45) is 0 Å². The molecule has 3 heterocycles. The second kappa shape index (κ2) is 7.30. The molecule has 1 aliphatic rings. The van der Waals surface area contributed by atoms with Crippen LogP contribution in [0.1, 0.15) is 17.5 Å². The Kier molecular flexibility index (Phi) is 4.47. The molecule has 0 saturated heterocycles. The van der Waals surface area contributed by atoms with Gasteiger partial charge in [0.25, 0.3) is 0 Å². The van der Waals surface area contributed by atoms with Gasteiger partial charge in [-0.25, -0.2) is 4.79 Å². The summed E-state index contributed by atoms with van der Waals surface area (Å²) in [5.41, 5.74) is 4.23. The highest BCUT2D eigenvalue weighted by molar-refractivity contribution is 6.02. The lowest BCUT2D eigenvalue weighted by atomic mass is 9.99. The maximum Gasteiger partial charge on any atom is 0.347 e. The van der Waals surface area contributed by atoms with Crippen molar-refractivity contribution < 1.29 is 9.21 Å². The third-order valence-corrected chi connectivity index (χ3v) is 5.64. The van der Waals surface area contributed by atoms with Crippen LogP contribution >= 0.6 is 0 Å². The highest BCUT2D eigenvalue weighted by Crippen LogP contribution is 2.25. The number of carbonyl (C=O) groups is 1. The van der Waals surface area contributed by atoms with E-state index >= 15 is 0 Å². The lowest BCUT2D eigenvalue weighted by Crippen LogP contribution is -2.37. The number of aryl methyl sites for hydroxylation is 1. The lowest BCUT2D eigenvalue weighted by molar-refractivity contribution is -0.131. The van der Waals surface area contributed by atoms with Crippen LogP contribution in [0, 0.1) is 6.92 Å². The van der Waals surface area contributed by atoms with Crippen LogP contribution in [0.25, 0.3) is 27.4 Å². The van der Waals surface area contributed by atoms with Crippen LogP contribution in [0.15, 0.2) is 70.0 Å². The lowest BCUT2D eigenvalue weighted by Gasteiger charge is -2.27. The SMILES string of the molecule is Cc1ccc2oc(=O)c3cnn(CC(=O)N4CC=C(c5ccccc5)CC4)c3c2c1. The number of hydrogen-bond acceptors (Lipinski definition) is 4. The summed E-state index contributed by atoms with van der Waals surface area (Å²) in [6.07, 6.45) is 4.42. The van der Waals surface area contributed by atoms with Crippen LogP contribution in [0.3, 0.4) is 0 Å². The Morgan fingerprint density at radius 3 is 2.73 bits per heavy atom. The monoisotopic (exact) mass is 399 g/mol.